The van der Waals surface area contributed by atoms with E-state index >= 15 is 0 Å². The van der Waals surface area contributed by atoms with Crippen LogP contribution in [0.2, 0.25) is 5.02 Å². The number of carbonyl (C=O) groups is 1. The molecule has 1 aromatic carbocycles. The number of benzene rings is 1. The topological polar surface area (TPSA) is 17.1 Å². The first-order chi connectivity index (χ1) is 7.16. The average molecular weight is 221 g/mol. The summed E-state index contributed by atoms with van der Waals surface area (Å²) in [6, 6.07) is 7.78. The van der Waals surface area contributed by atoms with Gasteiger partial charge in [-0.3, -0.25) is 4.79 Å². The van der Waals surface area contributed by atoms with Crippen molar-refractivity contribution in [1.29, 1.82) is 0 Å². The van der Waals surface area contributed by atoms with Crippen LogP contribution in [0.3, 0.4) is 0 Å². The molecule has 1 atom stereocenters. The Balaban J connectivity index is 2.30. The molecular weight excluding hydrogens is 208 g/mol. The van der Waals surface area contributed by atoms with E-state index in [0.29, 0.717) is 6.42 Å². The van der Waals surface area contributed by atoms with Crippen LogP contribution < -0.4 is 0 Å². The van der Waals surface area contributed by atoms with Crippen molar-refractivity contribution < 1.29 is 4.79 Å². The van der Waals surface area contributed by atoms with Crippen LogP contribution in [-0.2, 0) is 4.79 Å². The van der Waals surface area contributed by atoms with Crippen molar-refractivity contribution in [2.75, 3.05) is 0 Å². The van der Waals surface area contributed by atoms with Gasteiger partial charge >= 0.3 is 0 Å². The zero-order chi connectivity index (χ0) is 10.8. The third-order valence-electron chi connectivity index (χ3n) is 2.77. The van der Waals surface area contributed by atoms with Gasteiger partial charge in [-0.15, -0.1) is 0 Å². The summed E-state index contributed by atoms with van der Waals surface area (Å²) in [4.78, 5) is 11.4. The molecule has 0 N–H and O–H groups in total. The minimum Gasteiger partial charge on any atom is -0.295 e. The van der Waals surface area contributed by atoms with E-state index in [1.54, 1.807) is 6.08 Å². The molecule has 1 nitrogen and oxygen atoms in total. The molecule has 1 aromatic rings. The Hall–Kier alpha value is -1.08. The molecule has 0 aliphatic heterocycles. The van der Waals surface area contributed by atoms with Gasteiger partial charge in [0.15, 0.2) is 5.78 Å². The van der Waals surface area contributed by atoms with Crippen LogP contribution in [-0.4, -0.2) is 5.78 Å². The number of hydrogen-bond acceptors (Lipinski definition) is 1. The zero-order valence-electron chi connectivity index (χ0n) is 8.66. The molecule has 0 bridgehead atoms. The van der Waals surface area contributed by atoms with Crippen molar-refractivity contribution in [2.45, 2.75) is 25.7 Å². The van der Waals surface area contributed by atoms with E-state index in [-0.39, 0.29) is 11.7 Å². The van der Waals surface area contributed by atoms with E-state index < -0.39 is 0 Å². The zero-order valence-corrected chi connectivity index (χ0v) is 9.42. The quantitative estimate of drug-likeness (QED) is 0.705. The highest BCUT2D eigenvalue weighted by Gasteiger charge is 2.21. The largest absolute Gasteiger partial charge is 0.295 e. The van der Waals surface area contributed by atoms with Crippen LogP contribution in [0.4, 0.5) is 0 Å². The molecule has 0 saturated heterocycles. The first kappa shape index (κ1) is 10.4. The molecule has 0 heterocycles. The van der Waals surface area contributed by atoms with E-state index in [2.05, 4.69) is 0 Å². The molecule has 1 aliphatic rings. The summed E-state index contributed by atoms with van der Waals surface area (Å²) in [6.07, 6.45) is 3.27. The summed E-state index contributed by atoms with van der Waals surface area (Å²) in [5.74, 6) is 0.472. The van der Waals surface area contributed by atoms with Gasteiger partial charge in [-0.2, -0.15) is 0 Å². The Bertz CT molecular complexity index is 420. The number of rotatable bonds is 1. The fourth-order valence-electron chi connectivity index (χ4n) is 2.12. The minimum absolute atomic E-state index is 0.212. The number of ketones is 1. The fourth-order valence-corrected chi connectivity index (χ4v) is 2.41. The Kier molecular flexibility index (Phi) is 2.92. The Morgan fingerprint density at radius 3 is 2.67 bits per heavy atom. The van der Waals surface area contributed by atoms with Crippen molar-refractivity contribution in [3.8, 4) is 0 Å². The summed E-state index contributed by atoms with van der Waals surface area (Å²) in [7, 11) is 0. The van der Waals surface area contributed by atoms with Gasteiger partial charge in [0.2, 0.25) is 0 Å². The maximum absolute atomic E-state index is 11.4. The Morgan fingerprint density at radius 2 is 2.00 bits per heavy atom. The summed E-state index contributed by atoms with van der Waals surface area (Å²) < 4.78 is 0. The standard InChI is InChI=1S/C13H13ClO/c1-9-6-10(8-11(15)7-9)12-4-2-3-5-13(12)14/h2-5,7,10H,6,8H2,1H3. The van der Waals surface area contributed by atoms with Gasteiger partial charge in [-0.25, -0.2) is 0 Å². The summed E-state index contributed by atoms with van der Waals surface area (Å²) in [5.41, 5.74) is 2.25. The molecule has 78 valence electrons. The lowest BCUT2D eigenvalue weighted by atomic mass is 9.84. The molecule has 2 heteroatoms. The number of hydrogen-bond donors (Lipinski definition) is 0. The minimum atomic E-state index is 0.212. The first-order valence-corrected chi connectivity index (χ1v) is 5.49. The second-order valence-corrected chi connectivity index (χ2v) is 4.49. The van der Waals surface area contributed by atoms with Gasteiger partial charge in [0, 0.05) is 11.4 Å². The molecule has 0 amide bonds. The van der Waals surface area contributed by atoms with Gasteiger partial charge < -0.3 is 0 Å². The summed E-state index contributed by atoms with van der Waals surface area (Å²) in [5, 5.41) is 0.769. The van der Waals surface area contributed by atoms with E-state index in [9.17, 15) is 4.79 Å². The number of allylic oxidation sites excluding steroid dienone is 2. The highest BCUT2D eigenvalue weighted by Crippen LogP contribution is 2.34. The van der Waals surface area contributed by atoms with Gasteiger partial charge in [0.25, 0.3) is 0 Å². The van der Waals surface area contributed by atoms with Gasteiger partial charge in [-0.05, 0) is 37.0 Å². The average Bonchev–Trinajstić information content (AvgIpc) is 2.16. The fraction of sp³-hybridized carbons (Fsp3) is 0.308. The molecule has 0 saturated carbocycles. The van der Waals surface area contributed by atoms with Crippen molar-refractivity contribution >= 4 is 17.4 Å². The molecule has 0 aromatic heterocycles. The SMILES string of the molecule is CC1=CC(=O)CC(c2ccccc2Cl)C1. The lowest BCUT2D eigenvalue weighted by Gasteiger charge is -2.21. The molecule has 0 radical (unpaired) electrons. The Morgan fingerprint density at radius 1 is 1.27 bits per heavy atom. The van der Waals surface area contributed by atoms with Crippen molar-refractivity contribution in [2.24, 2.45) is 0 Å². The maximum Gasteiger partial charge on any atom is 0.156 e. The van der Waals surface area contributed by atoms with Crippen LogP contribution in [0.5, 0.6) is 0 Å². The number of carbonyl (C=O) groups excluding carboxylic acids is 1. The molecule has 1 unspecified atom stereocenters. The van der Waals surface area contributed by atoms with Gasteiger partial charge in [-0.1, -0.05) is 35.4 Å². The van der Waals surface area contributed by atoms with Crippen molar-refractivity contribution in [3.63, 3.8) is 0 Å². The molecule has 1 aliphatic carbocycles. The smallest absolute Gasteiger partial charge is 0.156 e. The molecule has 2 rings (SSSR count). The Labute approximate surface area is 94.8 Å². The van der Waals surface area contributed by atoms with Crippen molar-refractivity contribution in [1.82, 2.24) is 0 Å². The van der Waals surface area contributed by atoms with Crippen molar-refractivity contribution in [3.05, 3.63) is 46.5 Å². The predicted octanol–water partition coefficient (Wildman–Crippen LogP) is 3.73. The molecular formula is C13H13ClO. The van der Waals surface area contributed by atoms with E-state index in [0.717, 1.165) is 22.6 Å². The van der Waals surface area contributed by atoms with E-state index in [1.165, 1.54) is 0 Å². The summed E-state index contributed by atoms with van der Waals surface area (Å²) in [6.45, 7) is 2.00. The third kappa shape index (κ3) is 2.29. The van der Waals surface area contributed by atoms with E-state index in [1.807, 2.05) is 31.2 Å². The first-order valence-electron chi connectivity index (χ1n) is 5.11. The molecule has 0 spiro atoms. The molecule has 15 heavy (non-hydrogen) atoms. The van der Waals surface area contributed by atoms with Crippen LogP contribution in [0, 0.1) is 0 Å². The van der Waals surface area contributed by atoms with Crippen LogP contribution in [0.15, 0.2) is 35.9 Å². The van der Waals surface area contributed by atoms with Crippen LogP contribution in [0.1, 0.15) is 31.2 Å². The highest BCUT2D eigenvalue weighted by molar-refractivity contribution is 6.31. The second kappa shape index (κ2) is 4.19. The lowest BCUT2D eigenvalue weighted by molar-refractivity contribution is -0.115. The highest BCUT2D eigenvalue weighted by atomic mass is 35.5. The molecule has 0 fully saturated rings. The van der Waals surface area contributed by atoms with Crippen LogP contribution >= 0.6 is 11.6 Å². The lowest BCUT2D eigenvalue weighted by Crippen LogP contribution is -2.11. The van der Waals surface area contributed by atoms with Gasteiger partial charge in [0.05, 0.1) is 0 Å². The third-order valence-corrected chi connectivity index (χ3v) is 3.11. The van der Waals surface area contributed by atoms with Gasteiger partial charge in [0.1, 0.15) is 0 Å². The van der Waals surface area contributed by atoms with Crippen LogP contribution in [0.25, 0.3) is 0 Å². The maximum atomic E-state index is 11.4. The monoisotopic (exact) mass is 220 g/mol. The number of halogens is 1. The second-order valence-electron chi connectivity index (χ2n) is 4.08. The summed E-state index contributed by atoms with van der Waals surface area (Å²) >= 11 is 6.12. The van der Waals surface area contributed by atoms with E-state index in [4.69, 9.17) is 11.6 Å². The normalized spacial score (nSPS) is 21.3. The predicted molar refractivity (Wildman–Crippen MR) is 62.2 cm³/mol.